The highest BCUT2D eigenvalue weighted by Gasteiger charge is 2.69. The second-order valence-electron chi connectivity index (χ2n) is 3.21. The van der Waals surface area contributed by atoms with Crippen LogP contribution in [0.1, 0.15) is 13.8 Å². The summed E-state index contributed by atoms with van der Waals surface area (Å²) in [5.41, 5.74) is 0. The molecule has 0 aromatic heterocycles. The van der Waals surface area contributed by atoms with Crippen molar-refractivity contribution in [2.45, 2.75) is 18.6 Å². The van der Waals surface area contributed by atoms with E-state index in [2.05, 4.69) is 5.32 Å². The number of carbonyl (C=O) groups is 2. The van der Waals surface area contributed by atoms with Crippen LogP contribution in [0.4, 0.5) is 4.79 Å². The summed E-state index contributed by atoms with van der Waals surface area (Å²) in [4.78, 5) is 22.1. The number of rotatable bonds is 0. The van der Waals surface area contributed by atoms with E-state index in [1.165, 1.54) is 0 Å². The van der Waals surface area contributed by atoms with Gasteiger partial charge in [-0.05, 0) is 23.6 Å². The third-order valence-electron chi connectivity index (χ3n) is 2.83. The van der Waals surface area contributed by atoms with Crippen molar-refractivity contribution in [1.82, 2.24) is 5.32 Å². The van der Waals surface area contributed by atoms with Gasteiger partial charge in [-0.1, -0.05) is 13.8 Å². The molecule has 2 rings (SSSR count). The highest BCUT2D eigenvalue weighted by Crippen LogP contribution is 2.61. The van der Waals surface area contributed by atoms with Crippen LogP contribution in [0.2, 0.25) is 0 Å². The third-order valence-corrected chi connectivity index (χ3v) is 4.38. The molecule has 2 amide bonds. The van der Waals surface area contributed by atoms with Crippen LogP contribution >= 0.6 is 11.8 Å². The van der Waals surface area contributed by atoms with Gasteiger partial charge in [0.05, 0.1) is 0 Å². The van der Waals surface area contributed by atoms with E-state index < -0.39 is 4.75 Å². The van der Waals surface area contributed by atoms with Crippen molar-refractivity contribution in [2.24, 2.45) is 11.8 Å². The molecular formula is C7H9NO2S. The molecule has 0 radical (unpaired) electrons. The van der Waals surface area contributed by atoms with E-state index in [1.807, 2.05) is 13.8 Å². The van der Waals surface area contributed by atoms with Crippen molar-refractivity contribution < 1.29 is 9.59 Å². The van der Waals surface area contributed by atoms with E-state index in [9.17, 15) is 9.59 Å². The van der Waals surface area contributed by atoms with Gasteiger partial charge in [0.25, 0.3) is 5.24 Å². The number of imide groups is 1. The molecule has 1 aliphatic carbocycles. The first-order chi connectivity index (χ1) is 5.09. The second-order valence-corrected chi connectivity index (χ2v) is 4.46. The van der Waals surface area contributed by atoms with Gasteiger partial charge in [-0.15, -0.1) is 0 Å². The zero-order valence-corrected chi connectivity index (χ0v) is 7.20. The minimum Gasteiger partial charge on any atom is -0.286 e. The first-order valence-corrected chi connectivity index (χ1v) is 4.45. The van der Waals surface area contributed by atoms with Gasteiger partial charge >= 0.3 is 0 Å². The number of carbonyl (C=O) groups excluding carboxylic acids is 2. The van der Waals surface area contributed by atoms with E-state index in [0.717, 1.165) is 11.8 Å². The first kappa shape index (κ1) is 7.16. The van der Waals surface area contributed by atoms with Crippen molar-refractivity contribution in [1.29, 1.82) is 0 Å². The summed E-state index contributed by atoms with van der Waals surface area (Å²) in [6, 6.07) is 0. The van der Waals surface area contributed by atoms with Crippen molar-refractivity contribution in [3.63, 3.8) is 0 Å². The standard InChI is InChI=1S/C7H9NO2S/c1-3-4(2)7(3)5(9)8-6(10)11-7/h3-4H,1-2H3,(H,8,9,10)/t3-,4?,7?/m0/s1. The normalized spacial score (nSPS) is 48.2. The van der Waals surface area contributed by atoms with Crippen LogP contribution in [0.3, 0.4) is 0 Å². The molecule has 1 saturated heterocycles. The predicted molar refractivity (Wildman–Crippen MR) is 42.2 cm³/mol. The lowest BCUT2D eigenvalue weighted by atomic mass is 10.3. The molecule has 1 spiro atoms. The van der Waals surface area contributed by atoms with Gasteiger partial charge in [0.15, 0.2) is 0 Å². The summed E-state index contributed by atoms with van der Waals surface area (Å²) in [6.45, 7) is 4.02. The fourth-order valence-corrected chi connectivity index (χ4v) is 3.06. The average molecular weight is 171 g/mol. The Morgan fingerprint density at radius 3 is 2.09 bits per heavy atom. The molecule has 1 saturated carbocycles. The molecule has 4 heteroatoms. The van der Waals surface area contributed by atoms with Crippen LogP contribution in [-0.2, 0) is 4.79 Å². The number of hydrogen-bond acceptors (Lipinski definition) is 3. The van der Waals surface area contributed by atoms with Gasteiger partial charge in [0.1, 0.15) is 4.75 Å². The lowest BCUT2D eigenvalue weighted by Crippen LogP contribution is -2.27. The molecule has 2 aliphatic rings. The highest BCUT2D eigenvalue weighted by atomic mass is 32.2. The van der Waals surface area contributed by atoms with Gasteiger partial charge in [-0.3, -0.25) is 14.9 Å². The van der Waals surface area contributed by atoms with E-state index in [1.54, 1.807) is 0 Å². The van der Waals surface area contributed by atoms with Gasteiger partial charge in [0, 0.05) is 0 Å². The number of hydrogen-bond donors (Lipinski definition) is 1. The molecule has 1 N–H and O–H groups in total. The molecule has 2 unspecified atom stereocenters. The lowest BCUT2D eigenvalue weighted by Gasteiger charge is -1.98. The number of amides is 2. The van der Waals surface area contributed by atoms with Crippen LogP contribution < -0.4 is 5.32 Å². The van der Waals surface area contributed by atoms with Crippen molar-refractivity contribution in [3.8, 4) is 0 Å². The minimum absolute atomic E-state index is 0.0903. The molecule has 2 fully saturated rings. The van der Waals surface area contributed by atoms with Gasteiger partial charge < -0.3 is 0 Å². The SMILES string of the molecule is CC1[C@H](C)C12SC(=O)NC2=O. The topological polar surface area (TPSA) is 46.2 Å². The molecule has 0 aromatic rings. The van der Waals surface area contributed by atoms with E-state index in [-0.39, 0.29) is 11.1 Å². The third kappa shape index (κ3) is 0.656. The zero-order chi connectivity index (χ0) is 8.22. The van der Waals surface area contributed by atoms with E-state index in [0.29, 0.717) is 11.8 Å². The molecule has 0 aromatic carbocycles. The summed E-state index contributed by atoms with van der Waals surface area (Å²) in [5.74, 6) is 0.602. The molecule has 3 nitrogen and oxygen atoms in total. The summed E-state index contributed by atoms with van der Waals surface area (Å²) in [5, 5.41) is 2.13. The highest BCUT2D eigenvalue weighted by molar-refractivity contribution is 8.16. The predicted octanol–water partition coefficient (Wildman–Crippen LogP) is 0.994. The first-order valence-electron chi connectivity index (χ1n) is 3.63. The molecule has 1 heterocycles. The van der Waals surface area contributed by atoms with Crippen molar-refractivity contribution in [3.05, 3.63) is 0 Å². The Hall–Kier alpha value is -0.510. The van der Waals surface area contributed by atoms with Crippen LogP contribution in [0.15, 0.2) is 0 Å². The Morgan fingerprint density at radius 1 is 1.36 bits per heavy atom. The van der Waals surface area contributed by atoms with Crippen molar-refractivity contribution in [2.75, 3.05) is 0 Å². The van der Waals surface area contributed by atoms with Gasteiger partial charge in [-0.2, -0.15) is 0 Å². The van der Waals surface area contributed by atoms with Crippen LogP contribution in [0.25, 0.3) is 0 Å². The summed E-state index contributed by atoms with van der Waals surface area (Å²) < 4.78 is -0.392. The van der Waals surface area contributed by atoms with Crippen LogP contribution in [0, 0.1) is 11.8 Å². The maximum absolute atomic E-state index is 11.2. The second kappa shape index (κ2) is 1.80. The Morgan fingerprint density at radius 2 is 1.91 bits per heavy atom. The molecule has 3 atom stereocenters. The molecule has 1 aliphatic heterocycles. The zero-order valence-electron chi connectivity index (χ0n) is 6.38. The summed E-state index contributed by atoms with van der Waals surface area (Å²) in [7, 11) is 0. The monoisotopic (exact) mass is 171 g/mol. The van der Waals surface area contributed by atoms with E-state index >= 15 is 0 Å². The van der Waals surface area contributed by atoms with Gasteiger partial charge in [-0.25, -0.2) is 0 Å². The summed E-state index contributed by atoms with van der Waals surface area (Å²) >= 11 is 1.16. The Bertz CT molecular complexity index is 243. The van der Waals surface area contributed by atoms with Crippen LogP contribution in [0.5, 0.6) is 0 Å². The van der Waals surface area contributed by atoms with E-state index in [4.69, 9.17) is 0 Å². The van der Waals surface area contributed by atoms with Crippen LogP contribution in [-0.4, -0.2) is 15.9 Å². The Labute approximate surface area is 68.9 Å². The fraction of sp³-hybridized carbons (Fsp3) is 0.714. The molecule has 60 valence electrons. The lowest BCUT2D eigenvalue weighted by molar-refractivity contribution is -0.120. The average Bonchev–Trinajstić information content (AvgIpc) is 2.36. The summed E-state index contributed by atoms with van der Waals surface area (Å²) in [6.07, 6.45) is 0. The molecule has 11 heavy (non-hydrogen) atoms. The Kier molecular flexibility index (Phi) is 1.17. The largest absolute Gasteiger partial charge is 0.286 e. The molecule has 0 bridgehead atoms. The van der Waals surface area contributed by atoms with Gasteiger partial charge in [0.2, 0.25) is 5.91 Å². The van der Waals surface area contributed by atoms with Crippen molar-refractivity contribution >= 4 is 22.9 Å². The fourth-order valence-electron chi connectivity index (χ4n) is 1.75. The number of thioether (sulfide) groups is 1. The quantitative estimate of drug-likeness (QED) is 0.591. The number of nitrogens with one attached hydrogen (secondary N) is 1. The maximum atomic E-state index is 11.2. The maximum Gasteiger partial charge on any atom is 0.286 e. The molecular weight excluding hydrogens is 162 g/mol. The smallest absolute Gasteiger partial charge is 0.286 e. The minimum atomic E-state index is -0.392. The Balaban J connectivity index is 2.30.